The third-order valence-corrected chi connectivity index (χ3v) is 3.11. The number of rotatable bonds is 10. The van der Waals surface area contributed by atoms with E-state index in [4.69, 9.17) is 4.74 Å². The van der Waals surface area contributed by atoms with Crippen LogP contribution in [0.15, 0.2) is 23.5 Å². The standard InChI is InChI=1S/C15H29N5O.HI/c1-4-21-11-6-5-8-17-15(16-3)18-12-14(2)13-20-10-7-9-19-20;/h7,9-10,14H,4-6,8,11-13H2,1-3H3,(H2,16,17,18);1H. The molecule has 0 saturated carbocycles. The second kappa shape index (κ2) is 13.8. The van der Waals surface area contributed by atoms with Gasteiger partial charge in [-0.1, -0.05) is 6.92 Å². The van der Waals surface area contributed by atoms with Gasteiger partial charge in [0.2, 0.25) is 0 Å². The van der Waals surface area contributed by atoms with Gasteiger partial charge in [-0.15, -0.1) is 24.0 Å². The van der Waals surface area contributed by atoms with Gasteiger partial charge in [0, 0.05) is 52.3 Å². The Morgan fingerprint density at radius 2 is 2.18 bits per heavy atom. The SMILES string of the molecule is CCOCCCCNC(=NC)NCC(C)Cn1cccn1.I. The molecule has 1 heterocycles. The van der Waals surface area contributed by atoms with Crippen molar-refractivity contribution >= 4 is 29.9 Å². The molecule has 7 heteroatoms. The van der Waals surface area contributed by atoms with Gasteiger partial charge in [0.05, 0.1) is 0 Å². The van der Waals surface area contributed by atoms with E-state index in [2.05, 4.69) is 27.6 Å². The fraction of sp³-hybridized carbons (Fsp3) is 0.733. The molecule has 1 unspecified atom stereocenters. The average molecular weight is 423 g/mol. The minimum atomic E-state index is 0. The Morgan fingerprint density at radius 3 is 2.82 bits per heavy atom. The molecule has 128 valence electrons. The van der Waals surface area contributed by atoms with E-state index >= 15 is 0 Å². The van der Waals surface area contributed by atoms with Crippen LogP contribution in [0.5, 0.6) is 0 Å². The molecule has 22 heavy (non-hydrogen) atoms. The number of hydrogen-bond donors (Lipinski definition) is 2. The van der Waals surface area contributed by atoms with Gasteiger partial charge in [0.15, 0.2) is 5.96 Å². The number of guanidine groups is 1. The van der Waals surface area contributed by atoms with Gasteiger partial charge in [-0.05, 0) is 31.7 Å². The summed E-state index contributed by atoms with van der Waals surface area (Å²) in [4.78, 5) is 4.23. The van der Waals surface area contributed by atoms with E-state index in [0.717, 1.165) is 51.6 Å². The van der Waals surface area contributed by atoms with Crippen molar-refractivity contribution in [2.24, 2.45) is 10.9 Å². The molecule has 1 aromatic heterocycles. The second-order valence-electron chi connectivity index (χ2n) is 5.12. The molecule has 0 fully saturated rings. The van der Waals surface area contributed by atoms with Crippen LogP contribution in [-0.2, 0) is 11.3 Å². The fourth-order valence-corrected chi connectivity index (χ4v) is 1.96. The third kappa shape index (κ3) is 9.99. The van der Waals surface area contributed by atoms with Crippen molar-refractivity contribution in [2.75, 3.05) is 33.4 Å². The first kappa shape index (κ1) is 21.2. The molecule has 0 aliphatic carbocycles. The number of nitrogens with one attached hydrogen (secondary N) is 2. The number of ether oxygens (including phenoxy) is 1. The molecule has 6 nitrogen and oxygen atoms in total. The molecule has 0 amide bonds. The minimum absolute atomic E-state index is 0. The summed E-state index contributed by atoms with van der Waals surface area (Å²) in [5, 5.41) is 10.9. The lowest BCUT2D eigenvalue weighted by Crippen LogP contribution is -2.40. The number of unbranched alkanes of at least 4 members (excludes halogenated alkanes) is 1. The molecule has 0 saturated heterocycles. The molecule has 0 bridgehead atoms. The van der Waals surface area contributed by atoms with Crippen molar-refractivity contribution in [3.05, 3.63) is 18.5 Å². The van der Waals surface area contributed by atoms with Gasteiger partial charge in [0.25, 0.3) is 0 Å². The largest absolute Gasteiger partial charge is 0.382 e. The minimum Gasteiger partial charge on any atom is -0.382 e. The molecule has 0 aliphatic rings. The zero-order valence-electron chi connectivity index (χ0n) is 13.9. The van der Waals surface area contributed by atoms with Crippen LogP contribution in [0.3, 0.4) is 0 Å². The van der Waals surface area contributed by atoms with E-state index in [1.807, 2.05) is 30.1 Å². The summed E-state index contributed by atoms with van der Waals surface area (Å²) < 4.78 is 7.27. The second-order valence-corrected chi connectivity index (χ2v) is 5.12. The highest BCUT2D eigenvalue weighted by Gasteiger charge is 2.05. The van der Waals surface area contributed by atoms with Crippen LogP contribution in [0, 0.1) is 5.92 Å². The number of aliphatic imine (C=N–C) groups is 1. The Morgan fingerprint density at radius 1 is 1.36 bits per heavy atom. The van der Waals surface area contributed by atoms with E-state index < -0.39 is 0 Å². The van der Waals surface area contributed by atoms with Crippen molar-refractivity contribution in [3.63, 3.8) is 0 Å². The normalized spacial score (nSPS) is 12.6. The molecule has 0 spiro atoms. The maximum absolute atomic E-state index is 5.31. The van der Waals surface area contributed by atoms with Crippen LogP contribution in [0.1, 0.15) is 26.7 Å². The summed E-state index contributed by atoms with van der Waals surface area (Å²) in [6.45, 7) is 8.55. The predicted molar refractivity (Wildman–Crippen MR) is 102 cm³/mol. The van der Waals surface area contributed by atoms with Gasteiger partial charge < -0.3 is 15.4 Å². The van der Waals surface area contributed by atoms with Crippen LogP contribution in [0.2, 0.25) is 0 Å². The third-order valence-electron chi connectivity index (χ3n) is 3.11. The lowest BCUT2D eigenvalue weighted by Gasteiger charge is -2.16. The van der Waals surface area contributed by atoms with Gasteiger partial charge in [-0.3, -0.25) is 9.67 Å². The van der Waals surface area contributed by atoms with Gasteiger partial charge >= 0.3 is 0 Å². The number of halogens is 1. The molecule has 0 radical (unpaired) electrons. The molecule has 1 atom stereocenters. The van der Waals surface area contributed by atoms with Crippen LogP contribution < -0.4 is 10.6 Å². The molecule has 1 aromatic rings. The Labute approximate surface area is 151 Å². The van der Waals surface area contributed by atoms with Crippen molar-refractivity contribution < 1.29 is 4.74 Å². The maximum atomic E-state index is 5.31. The van der Waals surface area contributed by atoms with Crippen molar-refractivity contribution in [2.45, 2.75) is 33.2 Å². The first-order chi connectivity index (χ1) is 10.3. The summed E-state index contributed by atoms with van der Waals surface area (Å²) >= 11 is 0. The van der Waals surface area contributed by atoms with Crippen LogP contribution in [0.4, 0.5) is 0 Å². The van der Waals surface area contributed by atoms with E-state index in [1.165, 1.54) is 0 Å². The quantitative estimate of drug-likeness (QED) is 0.262. The average Bonchev–Trinajstić information content (AvgIpc) is 2.98. The fourth-order valence-electron chi connectivity index (χ4n) is 1.96. The summed E-state index contributed by atoms with van der Waals surface area (Å²) in [5.41, 5.74) is 0. The first-order valence-corrected chi connectivity index (χ1v) is 7.76. The highest BCUT2D eigenvalue weighted by Crippen LogP contribution is 1.97. The zero-order chi connectivity index (χ0) is 15.3. The lowest BCUT2D eigenvalue weighted by atomic mass is 10.2. The molecule has 0 aromatic carbocycles. The van der Waals surface area contributed by atoms with Gasteiger partial charge in [-0.25, -0.2) is 0 Å². The summed E-state index contributed by atoms with van der Waals surface area (Å²) in [6.07, 6.45) is 5.96. The molecular formula is C15H30IN5O. The Balaban J connectivity index is 0.00000441. The van der Waals surface area contributed by atoms with Crippen LogP contribution in [0.25, 0.3) is 0 Å². The number of hydrogen-bond acceptors (Lipinski definition) is 3. The van der Waals surface area contributed by atoms with E-state index in [1.54, 1.807) is 7.05 Å². The molecule has 2 N–H and O–H groups in total. The summed E-state index contributed by atoms with van der Waals surface area (Å²) in [6, 6.07) is 1.95. The number of nitrogens with zero attached hydrogens (tertiary/aromatic N) is 3. The molecule has 0 aliphatic heterocycles. The smallest absolute Gasteiger partial charge is 0.190 e. The summed E-state index contributed by atoms with van der Waals surface area (Å²) in [5.74, 6) is 1.35. The Kier molecular flexibility index (Phi) is 13.3. The highest BCUT2D eigenvalue weighted by molar-refractivity contribution is 14.0. The lowest BCUT2D eigenvalue weighted by molar-refractivity contribution is 0.143. The Hall–Kier alpha value is -0.830. The molecular weight excluding hydrogens is 393 g/mol. The van der Waals surface area contributed by atoms with Crippen LogP contribution >= 0.6 is 24.0 Å². The van der Waals surface area contributed by atoms with Crippen molar-refractivity contribution in [3.8, 4) is 0 Å². The number of aromatic nitrogens is 2. The summed E-state index contributed by atoms with van der Waals surface area (Å²) in [7, 11) is 1.80. The van der Waals surface area contributed by atoms with E-state index in [-0.39, 0.29) is 24.0 Å². The van der Waals surface area contributed by atoms with Crippen LogP contribution in [-0.4, -0.2) is 49.1 Å². The monoisotopic (exact) mass is 423 g/mol. The van der Waals surface area contributed by atoms with Crippen molar-refractivity contribution in [1.82, 2.24) is 20.4 Å². The predicted octanol–water partition coefficient (Wildman–Crippen LogP) is 2.12. The van der Waals surface area contributed by atoms with Gasteiger partial charge in [0.1, 0.15) is 0 Å². The van der Waals surface area contributed by atoms with E-state index in [9.17, 15) is 0 Å². The molecule has 1 rings (SSSR count). The van der Waals surface area contributed by atoms with Crippen molar-refractivity contribution in [1.29, 1.82) is 0 Å². The highest BCUT2D eigenvalue weighted by atomic mass is 127. The van der Waals surface area contributed by atoms with Gasteiger partial charge in [-0.2, -0.15) is 5.10 Å². The maximum Gasteiger partial charge on any atom is 0.190 e. The van der Waals surface area contributed by atoms with E-state index in [0.29, 0.717) is 5.92 Å². The first-order valence-electron chi connectivity index (χ1n) is 7.76. The Bertz CT molecular complexity index is 383. The zero-order valence-corrected chi connectivity index (χ0v) is 16.2. The topological polar surface area (TPSA) is 63.5 Å².